The fourth-order valence-corrected chi connectivity index (χ4v) is 4.39. The van der Waals surface area contributed by atoms with E-state index in [-0.39, 0.29) is 29.5 Å². The fourth-order valence-electron chi connectivity index (χ4n) is 4.39. The molecule has 3 rings (SSSR count). The molecule has 1 aromatic rings. The van der Waals surface area contributed by atoms with Crippen molar-refractivity contribution in [2.75, 3.05) is 46.6 Å². The van der Waals surface area contributed by atoms with Gasteiger partial charge in [0.05, 0.1) is 13.2 Å². The van der Waals surface area contributed by atoms with E-state index in [0.717, 1.165) is 64.9 Å². The van der Waals surface area contributed by atoms with Crippen molar-refractivity contribution in [2.45, 2.75) is 43.9 Å². The normalized spacial score (nSPS) is 20.8. The van der Waals surface area contributed by atoms with Crippen LogP contribution in [0.3, 0.4) is 0 Å². The van der Waals surface area contributed by atoms with Crippen molar-refractivity contribution >= 4 is 29.9 Å². The van der Waals surface area contributed by atoms with Gasteiger partial charge in [-0.25, -0.2) is 8.78 Å². The Morgan fingerprint density at radius 2 is 1.97 bits per heavy atom. The molecule has 0 amide bonds. The molecule has 1 aliphatic heterocycles. The Labute approximate surface area is 195 Å². The van der Waals surface area contributed by atoms with Crippen LogP contribution >= 0.6 is 24.0 Å². The maximum Gasteiger partial charge on any atom is 0.191 e. The van der Waals surface area contributed by atoms with E-state index in [1.165, 1.54) is 18.2 Å². The SMILES string of the molecule is CN=C(NCCCOCC1CCOC1)NCC1(c2c(F)cccc2F)CCCC1.I. The summed E-state index contributed by atoms with van der Waals surface area (Å²) in [5.74, 6) is 0.263. The number of aliphatic imine (C=N–C) groups is 1. The van der Waals surface area contributed by atoms with Crippen LogP contribution in [0.25, 0.3) is 0 Å². The van der Waals surface area contributed by atoms with E-state index in [9.17, 15) is 8.78 Å². The monoisotopic (exact) mass is 537 g/mol. The standard InChI is InChI=1S/C22H33F2N3O2.HI/c1-25-21(26-11-5-12-28-14-17-8-13-29-15-17)27-16-22(9-2-3-10-22)20-18(23)6-4-7-19(20)24;/h4,6-7,17H,2-3,5,8-16H2,1H3,(H2,25,26,27);1H. The average Bonchev–Trinajstić information content (AvgIpc) is 3.39. The van der Waals surface area contributed by atoms with Crippen molar-refractivity contribution in [3.63, 3.8) is 0 Å². The largest absolute Gasteiger partial charge is 0.381 e. The van der Waals surface area contributed by atoms with Crippen molar-refractivity contribution in [1.82, 2.24) is 10.6 Å². The van der Waals surface area contributed by atoms with Gasteiger partial charge in [0.1, 0.15) is 11.6 Å². The number of guanidine groups is 1. The Morgan fingerprint density at radius 3 is 2.60 bits per heavy atom. The molecule has 1 aliphatic carbocycles. The van der Waals surface area contributed by atoms with E-state index in [4.69, 9.17) is 9.47 Å². The maximum absolute atomic E-state index is 14.5. The first-order chi connectivity index (χ1) is 14.1. The molecule has 1 saturated heterocycles. The van der Waals surface area contributed by atoms with Crippen LogP contribution in [-0.2, 0) is 14.9 Å². The summed E-state index contributed by atoms with van der Waals surface area (Å²) >= 11 is 0. The Morgan fingerprint density at radius 1 is 1.23 bits per heavy atom. The molecule has 0 spiro atoms. The molecule has 1 unspecified atom stereocenters. The van der Waals surface area contributed by atoms with Crippen molar-refractivity contribution in [2.24, 2.45) is 10.9 Å². The maximum atomic E-state index is 14.5. The predicted octanol–water partition coefficient (Wildman–Crippen LogP) is 4.00. The number of rotatable bonds is 9. The van der Waals surface area contributed by atoms with Crippen LogP contribution in [-0.4, -0.2) is 52.5 Å². The molecule has 2 N–H and O–H groups in total. The van der Waals surface area contributed by atoms with Crippen molar-refractivity contribution < 1.29 is 18.3 Å². The number of nitrogens with zero attached hydrogens (tertiary/aromatic N) is 1. The molecule has 0 bridgehead atoms. The van der Waals surface area contributed by atoms with Gasteiger partial charge in [-0.2, -0.15) is 0 Å². The molecule has 1 atom stereocenters. The lowest BCUT2D eigenvalue weighted by Crippen LogP contribution is -2.45. The summed E-state index contributed by atoms with van der Waals surface area (Å²) < 4.78 is 40.0. The van der Waals surface area contributed by atoms with E-state index < -0.39 is 17.0 Å². The van der Waals surface area contributed by atoms with Gasteiger partial charge in [-0.1, -0.05) is 18.9 Å². The average molecular weight is 537 g/mol. The van der Waals surface area contributed by atoms with E-state index in [1.54, 1.807) is 7.05 Å². The summed E-state index contributed by atoms with van der Waals surface area (Å²) in [5.41, 5.74) is -0.316. The summed E-state index contributed by atoms with van der Waals surface area (Å²) in [7, 11) is 1.71. The lowest BCUT2D eigenvalue weighted by molar-refractivity contribution is 0.0888. The zero-order valence-electron chi connectivity index (χ0n) is 17.7. The van der Waals surface area contributed by atoms with Crippen LogP contribution in [0.2, 0.25) is 0 Å². The van der Waals surface area contributed by atoms with Crippen LogP contribution in [0.15, 0.2) is 23.2 Å². The Balaban J connectivity index is 0.00000320. The van der Waals surface area contributed by atoms with E-state index in [1.807, 2.05) is 0 Å². The quantitative estimate of drug-likeness (QED) is 0.217. The van der Waals surface area contributed by atoms with Crippen LogP contribution in [0.4, 0.5) is 8.78 Å². The highest BCUT2D eigenvalue weighted by atomic mass is 127. The van der Waals surface area contributed by atoms with Crippen LogP contribution in [0.1, 0.15) is 44.1 Å². The van der Waals surface area contributed by atoms with Gasteiger partial charge in [0.25, 0.3) is 0 Å². The highest BCUT2D eigenvalue weighted by Crippen LogP contribution is 2.42. The molecule has 2 aliphatic rings. The van der Waals surface area contributed by atoms with Crippen molar-refractivity contribution in [3.8, 4) is 0 Å². The summed E-state index contributed by atoms with van der Waals surface area (Å²) in [6, 6.07) is 4.12. The molecule has 5 nitrogen and oxygen atoms in total. The van der Waals surface area contributed by atoms with Gasteiger partial charge in [0.2, 0.25) is 0 Å². The second kappa shape index (κ2) is 12.8. The summed E-state index contributed by atoms with van der Waals surface area (Å²) in [6.07, 6.45) is 5.44. The number of ether oxygens (including phenoxy) is 2. The number of hydrogen-bond acceptors (Lipinski definition) is 3. The minimum absolute atomic E-state index is 0. The number of hydrogen-bond donors (Lipinski definition) is 2. The van der Waals surface area contributed by atoms with Gasteiger partial charge in [0, 0.05) is 50.2 Å². The van der Waals surface area contributed by atoms with Gasteiger partial charge in [-0.15, -0.1) is 24.0 Å². The Bertz CT molecular complexity index is 658. The zero-order valence-corrected chi connectivity index (χ0v) is 20.1. The molecule has 0 radical (unpaired) electrons. The second-order valence-corrected chi connectivity index (χ2v) is 8.09. The van der Waals surface area contributed by atoms with Gasteiger partial charge in [-0.3, -0.25) is 4.99 Å². The van der Waals surface area contributed by atoms with E-state index in [2.05, 4.69) is 15.6 Å². The van der Waals surface area contributed by atoms with Gasteiger partial charge in [-0.05, 0) is 37.8 Å². The zero-order chi connectivity index (χ0) is 20.5. The number of nitrogens with one attached hydrogen (secondary N) is 2. The molecule has 8 heteroatoms. The number of halogens is 3. The lowest BCUT2D eigenvalue weighted by Gasteiger charge is -2.31. The fraction of sp³-hybridized carbons (Fsp3) is 0.682. The van der Waals surface area contributed by atoms with Crippen molar-refractivity contribution in [3.05, 3.63) is 35.4 Å². The third-order valence-electron chi connectivity index (χ3n) is 6.01. The first-order valence-corrected chi connectivity index (χ1v) is 10.7. The van der Waals surface area contributed by atoms with E-state index in [0.29, 0.717) is 25.0 Å². The second-order valence-electron chi connectivity index (χ2n) is 8.09. The van der Waals surface area contributed by atoms with E-state index >= 15 is 0 Å². The minimum Gasteiger partial charge on any atom is -0.381 e. The highest BCUT2D eigenvalue weighted by molar-refractivity contribution is 14.0. The summed E-state index contributed by atoms with van der Waals surface area (Å²) in [6.45, 7) is 4.27. The third-order valence-corrected chi connectivity index (χ3v) is 6.01. The molecule has 1 aromatic carbocycles. The summed E-state index contributed by atoms with van der Waals surface area (Å²) in [4.78, 5) is 4.25. The molecule has 2 fully saturated rings. The molecule has 1 saturated carbocycles. The Hall–Kier alpha value is -1.000. The highest BCUT2D eigenvalue weighted by Gasteiger charge is 2.39. The van der Waals surface area contributed by atoms with Gasteiger partial charge < -0.3 is 20.1 Å². The minimum atomic E-state index is -0.528. The predicted molar refractivity (Wildman–Crippen MR) is 126 cm³/mol. The molecule has 30 heavy (non-hydrogen) atoms. The van der Waals surface area contributed by atoms with Crippen LogP contribution in [0.5, 0.6) is 0 Å². The molecule has 1 heterocycles. The topological polar surface area (TPSA) is 54.9 Å². The van der Waals surface area contributed by atoms with Crippen LogP contribution < -0.4 is 10.6 Å². The smallest absolute Gasteiger partial charge is 0.191 e. The van der Waals surface area contributed by atoms with Crippen LogP contribution in [0, 0.1) is 17.6 Å². The molecular formula is C22H34F2IN3O2. The first kappa shape index (κ1) is 25.3. The van der Waals surface area contributed by atoms with Crippen molar-refractivity contribution in [1.29, 1.82) is 0 Å². The summed E-state index contributed by atoms with van der Waals surface area (Å²) in [5, 5.41) is 6.56. The molecular weight excluding hydrogens is 503 g/mol. The van der Waals surface area contributed by atoms with Gasteiger partial charge in [0.15, 0.2) is 5.96 Å². The first-order valence-electron chi connectivity index (χ1n) is 10.7. The molecule has 0 aromatic heterocycles. The number of benzene rings is 1. The van der Waals surface area contributed by atoms with Gasteiger partial charge >= 0.3 is 0 Å². The molecule has 170 valence electrons. The lowest BCUT2D eigenvalue weighted by atomic mass is 9.78. The Kier molecular flexibility index (Phi) is 10.7. The third kappa shape index (κ3) is 6.75.